The molecule has 1 aliphatic heterocycles. The summed E-state index contributed by atoms with van der Waals surface area (Å²) in [5.74, 6) is -0.0819. The average molecular weight is 381 g/mol. The monoisotopic (exact) mass is 380 g/mol. The molecule has 0 radical (unpaired) electrons. The summed E-state index contributed by atoms with van der Waals surface area (Å²) in [4.78, 5) is 38.7. The first-order valence-corrected chi connectivity index (χ1v) is 10.2. The molecular formula is C20H36N4O3. The van der Waals surface area contributed by atoms with E-state index in [1.165, 1.54) is 0 Å². The van der Waals surface area contributed by atoms with Gasteiger partial charge in [0.15, 0.2) is 0 Å². The second-order valence-electron chi connectivity index (χ2n) is 9.39. The quantitative estimate of drug-likeness (QED) is 0.614. The second-order valence-corrected chi connectivity index (χ2v) is 9.39. The molecule has 0 aromatic carbocycles. The van der Waals surface area contributed by atoms with E-state index in [1.807, 2.05) is 13.8 Å². The summed E-state index contributed by atoms with van der Waals surface area (Å²) < 4.78 is 0. The van der Waals surface area contributed by atoms with Gasteiger partial charge in [-0.15, -0.1) is 0 Å². The summed E-state index contributed by atoms with van der Waals surface area (Å²) in [7, 11) is 0. The number of nitrogens with two attached hydrogens (primary N) is 1. The van der Waals surface area contributed by atoms with Crippen LogP contribution in [-0.2, 0) is 9.59 Å². The Morgan fingerprint density at radius 3 is 2.26 bits per heavy atom. The number of rotatable bonds is 6. The number of amides is 4. The van der Waals surface area contributed by atoms with Crippen LogP contribution in [0, 0.1) is 11.3 Å². The molecule has 154 valence electrons. The number of carbonyl (C=O) groups excluding carboxylic acids is 3. The SMILES string of the molecule is CCC(N)(CC)CNC(=O)CN1C(=O)NC2(CCC(C(C)(C)C)CC2)C1=O. The van der Waals surface area contributed by atoms with Gasteiger partial charge in [-0.05, 0) is 49.9 Å². The summed E-state index contributed by atoms with van der Waals surface area (Å²) in [5.41, 5.74) is 5.10. The molecule has 0 bridgehead atoms. The van der Waals surface area contributed by atoms with Crippen LogP contribution in [0.5, 0.6) is 0 Å². The lowest BCUT2D eigenvalue weighted by Gasteiger charge is -2.40. The maximum Gasteiger partial charge on any atom is 0.325 e. The Bertz CT molecular complexity index is 585. The largest absolute Gasteiger partial charge is 0.353 e. The van der Waals surface area contributed by atoms with Crippen LogP contribution in [0.3, 0.4) is 0 Å². The van der Waals surface area contributed by atoms with Crippen molar-refractivity contribution in [3.63, 3.8) is 0 Å². The summed E-state index contributed by atoms with van der Waals surface area (Å²) in [6.07, 6.45) is 4.55. The van der Waals surface area contributed by atoms with Crippen LogP contribution in [0.1, 0.15) is 73.1 Å². The third-order valence-corrected chi connectivity index (χ3v) is 6.66. The van der Waals surface area contributed by atoms with Gasteiger partial charge in [-0.2, -0.15) is 0 Å². The number of hydrogen-bond donors (Lipinski definition) is 3. The van der Waals surface area contributed by atoms with Gasteiger partial charge in [-0.1, -0.05) is 34.6 Å². The van der Waals surface area contributed by atoms with Crippen LogP contribution in [0.2, 0.25) is 0 Å². The highest BCUT2D eigenvalue weighted by atomic mass is 16.2. The first kappa shape index (κ1) is 21.7. The molecule has 0 atom stereocenters. The van der Waals surface area contributed by atoms with Gasteiger partial charge < -0.3 is 16.4 Å². The fourth-order valence-electron chi connectivity index (χ4n) is 4.11. The fraction of sp³-hybridized carbons (Fsp3) is 0.850. The number of urea groups is 1. The van der Waals surface area contributed by atoms with Crippen molar-refractivity contribution >= 4 is 17.8 Å². The Balaban J connectivity index is 1.96. The first-order chi connectivity index (χ1) is 12.5. The standard InChI is InChI=1S/C20H36N4O3/c1-6-19(21,7-2)13-22-15(25)12-24-16(26)20(23-17(24)27)10-8-14(9-11-20)18(3,4)5/h14H,6-13,21H2,1-5H3,(H,22,25)(H,23,27). The van der Waals surface area contributed by atoms with Crippen molar-refractivity contribution in [2.24, 2.45) is 17.1 Å². The molecular weight excluding hydrogens is 344 g/mol. The molecule has 2 aliphatic rings. The van der Waals surface area contributed by atoms with Crippen LogP contribution in [0.25, 0.3) is 0 Å². The molecule has 2 fully saturated rings. The molecule has 7 nitrogen and oxygen atoms in total. The van der Waals surface area contributed by atoms with Crippen molar-refractivity contribution in [2.75, 3.05) is 13.1 Å². The molecule has 1 aliphatic carbocycles. The molecule has 4 N–H and O–H groups in total. The maximum atomic E-state index is 12.9. The van der Waals surface area contributed by atoms with Crippen LogP contribution in [0.4, 0.5) is 4.79 Å². The highest BCUT2D eigenvalue weighted by molar-refractivity contribution is 6.09. The molecule has 2 rings (SSSR count). The Labute approximate surface area is 162 Å². The Morgan fingerprint density at radius 1 is 1.22 bits per heavy atom. The van der Waals surface area contributed by atoms with Crippen molar-refractivity contribution < 1.29 is 14.4 Å². The minimum atomic E-state index is -0.830. The number of nitrogens with one attached hydrogen (secondary N) is 2. The van der Waals surface area contributed by atoms with Gasteiger partial charge in [0.05, 0.1) is 0 Å². The average Bonchev–Trinajstić information content (AvgIpc) is 2.83. The van der Waals surface area contributed by atoms with Crippen LogP contribution < -0.4 is 16.4 Å². The van der Waals surface area contributed by atoms with E-state index in [2.05, 4.69) is 31.4 Å². The Morgan fingerprint density at radius 2 is 1.78 bits per heavy atom. The molecule has 1 saturated heterocycles. The van der Waals surface area contributed by atoms with E-state index in [0.717, 1.165) is 30.6 Å². The summed E-state index contributed by atoms with van der Waals surface area (Å²) in [5, 5.41) is 5.65. The van der Waals surface area contributed by atoms with E-state index < -0.39 is 17.1 Å². The third-order valence-electron chi connectivity index (χ3n) is 6.66. The Hall–Kier alpha value is -1.63. The fourth-order valence-corrected chi connectivity index (χ4v) is 4.11. The first-order valence-electron chi connectivity index (χ1n) is 10.2. The number of carbonyl (C=O) groups is 3. The van der Waals surface area contributed by atoms with Gasteiger partial charge in [0.25, 0.3) is 5.91 Å². The minimum Gasteiger partial charge on any atom is -0.353 e. The lowest BCUT2D eigenvalue weighted by molar-refractivity contribution is -0.136. The highest BCUT2D eigenvalue weighted by Gasteiger charge is 2.53. The minimum absolute atomic E-state index is 0.195. The van der Waals surface area contributed by atoms with Crippen molar-refractivity contribution in [1.29, 1.82) is 0 Å². The zero-order valence-corrected chi connectivity index (χ0v) is 17.5. The molecule has 1 spiro atoms. The van der Waals surface area contributed by atoms with Gasteiger partial charge >= 0.3 is 6.03 Å². The molecule has 7 heteroatoms. The summed E-state index contributed by atoms with van der Waals surface area (Å²) >= 11 is 0. The zero-order chi connectivity index (χ0) is 20.5. The lowest BCUT2D eigenvalue weighted by atomic mass is 9.67. The number of imide groups is 1. The van der Waals surface area contributed by atoms with Gasteiger partial charge in [-0.25, -0.2) is 4.79 Å². The smallest absolute Gasteiger partial charge is 0.325 e. The van der Waals surface area contributed by atoms with E-state index in [-0.39, 0.29) is 23.8 Å². The Kier molecular flexibility index (Phi) is 6.24. The highest BCUT2D eigenvalue weighted by Crippen LogP contribution is 2.43. The molecule has 4 amide bonds. The van der Waals surface area contributed by atoms with Crippen LogP contribution >= 0.6 is 0 Å². The molecule has 1 saturated carbocycles. The summed E-state index contributed by atoms with van der Waals surface area (Å²) in [6.45, 7) is 10.7. The van der Waals surface area contributed by atoms with Gasteiger partial charge in [-0.3, -0.25) is 14.5 Å². The van der Waals surface area contributed by atoms with E-state index >= 15 is 0 Å². The zero-order valence-electron chi connectivity index (χ0n) is 17.5. The normalized spacial score (nSPS) is 26.4. The summed E-state index contributed by atoms with van der Waals surface area (Å²) in [6, 6.07) is -0.464. The van der Waals surface area contributed by atoms with Crippen LogP contribution in [0.15, 0.2) is 0 Å². The van der Waals surface area contributed by atoms with Gasteiger partial charge in [0.1, 0.15) is 12.1 Å². The van der Waals surface area contributed by atoms with Crippen molar-refractivity contribution in [2.45, 2.75) is 84.2 Å². The molecule has 0 aromatic rings. The van der Waals surface area contributed by atoms with Crippen molar-refractivity contribution in [1.82, 2.24) is 15.5 Å². The van der Waals surface area contributed by atoms with Crippen LogP contribution in [-0.4, -0.2) is 46.9 Å². The van der Waals surface area contributed by atoms with Crippen molar-refractivity contribution in [3.05, 3.63) is 0 Å². The number of hydrogen-bond acceptors (Lipinski definition) is 4. The topological polar surface area (TPSA) is 105 Å². The van der Waals surface area contributed by atoms with Gasteiger partial charge in [0.2, 0.25) is 5.91 Å². The molecule has 27 heavy (non-hydrogen) atoms. The third kappa shape index (κ3) is 4.62. The van der Waals surface area contributed by atoms with Crippen molar-refractivity contribution in [3.8, 4) is 0 Å². The van der Waals surface area contributed by atoms with E-state index in [9.17, 15) is 14.4 Å². The van der Waals surface area contributed by atoms with Gasteiger partial charge in [0, 0.05) is 12.1 Å². The second kappa shape index (κ2) is 7.78. The van der Waals surface area contributed by atoms with E-state index in [4.69, 9.17) is 5.73 Å². The maximum absolute atomic E-state index is 12.9. The lowest BCUT2D eigenvalue weighted by Crippen LogP contribution is -2.52. The predicted molar refractivity (Wildman–Crippen MR) is 105 cm³/mol. The molecule has 1 heterocycles. The van der Waals surface area contributed by atoms with E-state index in [1.54, 1.807) is 0 Å². The number of nitrogens with zero attached hydrogens (tertiary/aromatic N) is 1. The molecule has 0 unspecified atom stereocenters. The predicted octanol–water partition coefficient (Wildman–Crippen LogP) is 2.15. The molecule has 0 aromatic heterocycles. The van der Waals surface area contributed by atoms with E-state index in [0.29, 0.717) is 25.3 Å².